The maximum Gasteiger partial charge on any atom is 0.0294 e. The summed E-state index contributed by atoms with van der Waals surface area (Å²) >= 11 is 3.48. The van der Waals surface area contributed by atoms with Gasteiger partial charge in [-0.1, -0.05) is 55.3 Å². The first kappa shape index (κ1) is 15.7. The van der Waals surface area contributed by atoms with E-state index in [1.54, 1.807) is 0 Å². The Kier molecular flexibility index (Phi) is 6.95. The molecule has 0 fully saturated rings. The molecule has 0 aliphatic carbocycles. The van der Waals surface area contributed by atoms with Gasteiger partial charge in [0.2, 0.25) is 0 Å². The van der Waals surface area contributed by atoms with Gasteiger partial charge in [0, 0.05) is 16.6 Å². The van der Waals surface area contributed by atoms with E-state index in [1.165, 1.54) is 24.8 Å². The monoisotopic (exact) mass is 311 g/mol. The van der Waals surface area contributed by atoms with Crippen molar-refractivity contribution in [3.63, 3.8) is 0 Å². The molecule has 2 heteroatoms. The van der Waals surface area contributed by atoms with Crippen molar-refractivity contribution in [3.8, 4) is 0 Å². The Morgan fingerprint density at radius 2 is 1.67 bits per heavy atom. The molecule has 0 saturated carbocycles. The summed E-state index contributed by atoms with van der Waals surface area (Å²) in [6.07, 6.45) is 3.74. The standard InChI is InChI=1S/C16H26BrN/c1-5-12(3)11-16(6-2)18-13(4)14-7-9-15(17)10-8-14/h7-10,12-13,16,18H,5-6,11H2,1-4H3. The third-order valence-electron chi connectivity index (χ3n) is 3.73. The predicted octanol–water partition coefficient (Wildman–Crippen LogP) is 5.31. The minimum Gasteiger partial charge on any atom is -0.307 e. The number of halogens is 1. The van der Waals surface area contributed by atoms with Crippen LogP contribution < -0.4 is 5.32 Å². The number of nitrogens with one attached hydrogen (secondary N) is 1. The molecule has 0 bridgehead atoms. The predicted molar refractivity (Wildman–Crippen MR) is 83.8 cm³/mol. The van der Waals surface area contributed by atoms with E-state index in [2.05, 4.69) is 73.2 Å². The van der Waals surface area contributed by atoms with Crippen molar-refractivity contribution >= 4 is 15.9 Å². The van der Waals surface area contributed by atoms with Crippen LogP contribution >= 0.6 is 15.9 Å². The lowest BCUT2D eigenvalue weighted by molar-refractivity contribution is 0.359. The summed E-state index contributed by atoms with van der Waals surface area (Å²) in [5.74, 6) is 0.805. The van der Waals surface area contributed by atoms with Crippen LogP contribution in [0.15, 0.2) is 28.7 Å². The SMILES string of the molecule is CCC(C)CC(CC)NC(C)c1ccc(Br)cc1. The number of hydrogen-bond donors (Lipinski definition) is 1. The molecule has 18 heavy (non-hydrogen) atoms. The number of hydrogen-bond acceptors (Lipinski definition) is 1. The summed E-state index contributed by atoms with van der Waals surface area (Å²) in [5, 5.41) is 3.75. The van der Waals surface area contributed by atoms with Crippen LogP contribution in [0.25, 0.3) is 0 Å². The van der Waals surface area contributed by atoms with Crippen LogP contribution in [0.3, 0.4) is 0 Å². The van der Waals surface area contributed by atoms with Gasteiger partial charge >= 0.3 is 0 Å². The molecule has 102 valence electrons. The largest absolute Gasteiger partial charge is 0.307 e. The van der Waals surface area contributed by atoms with E-state index >= 15 is 0 Å². The summed E-state index contributed by atoms with van der Waals surface area (Å²) in [5.41, 5.74) is 1.36. The Morgan fingerprint density at radius 3 is 2.17 bits per heavy atom. The first-order chi connectivity index (χ1) is 8.56. The Labute approximate surface area is 120 Å². The molecule has 1 nitrogen and oxygen atoms in total. The van der Waals surface area contributed by atoms with Crippen LogP contribution in [0.5, 0.6) is 0 Å². The second kappa shape index (κ2) is 7.96. The number of rotatable bonds is 7. The zero-order chi connectivity index (χ0) is 13.5. The Balaban J connectivity index is 2.56. The van der Waals surface area contributed by atoms with Crippen LogP contribution in [-0.4, -0.2) is 6.04 Å². The summed E-state index contributed by atoms with van der Waals surface area (Å²) in [6.45, 7) is 9.14. The van der Waals surface area contributed by atoms with Gasteiger partial charge in [-0.05, 0) is 43.4 Å². The summed E-state index contributed by atoms with van der Waals surface area (Å²) in [6, 6.07) is 9.66. The highest BCUT2D eigenvalue weighted by molar-refractivity contribution is 9.10. The van der Waals surface area contributed by atoms with Gasteiger partial charge in [-0.2, -0.15) is 0 Å². The molecule has 3 unspecified atom stereocenters. The molecule has 0 aliphatic rings. The second-order valence-electron chi connectivity index (χ2n) is 5.29. The smallest absolute Gasteiger partial charge is 0.0294 e. The van der Waals surface area contributed by atoms with Gasteiger partial charge in [0.05, 0.1) is 0 Å². The normalized spacial score (nSPS) is 16.3. The zero-order valence-corrected chi connectivity index (χ0v) is 13.6. The molecule has 0 radical (unpaired) electrons. The quantitative estimate of drug-likeness (QED) is 0.719. The van der Waals surface area contributed by atoms with Gasteiger partial charge in [0.1, 0.15) is 0 Å². The molecule has 0 aliphatic heterocycles. The lowest BCUT2D eigenvalue weighted by Gasteiger charge is -2.25. The van der Waals surface area contributed by atoms with Crippen LogP contribution in [0.1, 0.15) is 58.6 Å². The van der Waals surface area contributed by atoms with Crippen LogP contribution in [0, 0.1) is 5.92 Å². The summed E-state index contributed by atoms with van der Waals surface area (Å²) in [4.78, 5) is 0. The fraction of sp³-hybridized carbons (Fsp3) is 0.625. The highest BCUT2D eigenvalue weighted by Crippen LogP contribution is 2.19. The van der Waals surface area contributed by atoms with Crippen molar-refractivity contribution in [1.82, 2.24) is 5.32 Å². The van der Waals surface area contributed by atoms with E-state index < -0.39 is 0 Å². The molecule has 0 aromatic heterocycles. The molecule has 1 aromatic carbocycles. The highest BCUT2D eigenvalue weighted by atomic mass is 79.9. The van der Waals surface area contributed by atoms with E-state index in [0.29, 0.717) is 12.1 Å². The van der Waals surface area contributed by atoms with Crippen LogP contribution in [0.2, 0.25) is 0 Å². The molecular weight excluding hydrogens is 286 g/mol. The first-order valence-electron chi connectivity index (χ1n) is 7.08. The topological polar surface area (TPSA) is 12.0 Å². The van der Waals surface area contributed by atoms with Crippen LogP contribution in [-0.2, 0) is 0 Å². The van der Waals surface area contributed by atoms with Gasteiger partial charge in [-0.15, -0.1) is 0 Å². The van der Waals surface area contributed by atoms with Crippen molar-refractivity contribution in [2.75, 3.05) is 0 Å². The van der Waals surface area contributed by atoms with E-state index in [0.717, 1.165) is 10.4 Å². The van der Waals surface area contributed by atoms with Gasteiger partial charge < -0.3 is 5.32 Å². The Bertz CT molecular complexity index is 333. The molecule has 0 amide bonds. The minimum absolute atomic E-state index is 0.423. The fourth-order valence-corrected chi connectivity index (χ4v) is 2.47. The summed E-state index contributed by atoms with van der Waals surface area (Å²) in [7, 11) is 0. The summed E-state index contributed by atoms with van der Waals surface area (Å²) < 4.78 is 1.14. The average Bonchev–Trinajstić information content (AvgIpc) is 2.38. The number of benzene rings is 1. The van der Waals surface area contributed by atoms with Crippen molar-refractivity contribution in [3.05, 3.63) is 34.3 Å². The van der Waals surface area contributed by atoms with Gasteiger partial charge in [0.25, 0.3) is 0 Å². The fourth-order valence-electron chi connectivity index (χ4n) is 2.21. The first-order valence-corrected chi connectivity index (χ1v) is 7.87. The molecule has 0 heterocycles. The highest BCUT2D eigenvalue weighted by Gasteiger charge is 2.14. The van der Waals surface area contributed by atoms with Gasteiger partial charge in [0.15, 0.2) is 0 Å². The van der Waals surface area contributed by atoms with Gasteiger partial charge in [-0.25, -0.2) is 0 Å². The van der Waals surface area contributed by atoms with E-state index in [4.69, 9.17) is 0 Å². The van der Waals surface area contributed by atoms with Gasteiger partial charge in [-0.3, -0.25) is 0 Å². The third-order valence-corrected chi connectivity index (χ3v) is 4.26. The van der Waals surface area contributed by atoms with E-state index in [9.17, 15) is 0 Å². The average molecular weight is 312 g/mol. The molecule has 0 saturated heterocycles. The molecule has 1 aromatic rings. The molecule has 0 spiro atoms. The van der Waals surface area contributed by atoms with Crippen LogP contribution in [0.4, 0.5) is 0 Å². The van der Waals surface area contributed by atoms with Crippen molar-refractivity contribution in [2.24, 2.45) is 5.92 Å². The van der Waals surface area contributed by atoms with Crippen molar-refractivity contribution in [2.45, 2.75) is 59.0 Å². The Hall–Kier alpha value is -0.340. The lowest BCUT2D eigenvalue weighted by atomic mass is 9.96. The van der Waals surface area contributed by atoms with E-state index in [1.807, 2.05) is 0 Å². The third kappa shape index (κ3) is 5.11. The van der Waals surface area contributed by atoms with Crippen molar-refractivity contribution < 1.29 is 0 Å². The lowest BCUT2D eigenvalue weighted by Crippen LogP contribution is -2.32. The molecule has 1 N–H and O–H groups in total. The Morgan fingerprint density at radius 1 is 1.06 bits per heavy atom. The van der Waals surface area contributed by atoms with Crippen molar-refractivity contribution in [1.29, 1.82) is 0 Å². The second-order valence-corrected chi connectivity index (χ2v) is 6.21. The molecular formula is C16H26BrN. The maximum atomic E-state index is 3.75. The molecule has 3 atom stereocenters. The minimum atomic E-state index is 0.423. The molecule has 1 rings (SSSR count). The van der Waals surface area contributed by atoms with E-state index in [-0.39, 0.29) is 0 Å². The maximum absolute atomic E-state index is 3.75. The zero-order valence-electron chi connectivity index (χ0n) is 12.0.